The number of hydrogen-bond donors (Lipinski definition) is 0. The monoisotopic (exact) mass is 1240 g/mol. The summed E-state index contributed by atoms with van der Waals surface area (Å²) >= 11 is 0. The van der Waals surface area contributed by atoms with E-state index in [0.717, 1.165) is 107 Å². The van der Waals surface area contributed by atoms with Crippen LogP contribution >= 0.6 is 0 Å². The highest BCUT2D eigenvalue weighted by Gasteiger charge is 2.45. The molecular formula is C78H112O3Si5. The first kappa shape index (κ1) is 61.9. The summed E-state index contributed by atoms with van der Waals surface area (Å²) in [7, 11) is -8.41. The van der Waals surface area contributed by atoms with Crippen LogP contribution in [0.2, 0.25) is 89.6 Å². The Labute approximate surface area is 528 Å². The molecule has 8 heteroatoms. The van der Waals surface area contributed by atoms with Gasteiger partial charge in [-0.1, -0.05) is 171 Å². The normalized spacial score (nSPS) is 35.2. The average molecular weight is 1240 g/mol. The summed E-state index contributed by atoms with van der Waals surface area (Å²) < 4.78 is 20.7. The van der Waals surface area contributed by atoms with E-state index in [2.05, 4.69) is 211 Å². The summed E-state index contributed by atoms with van der Waals surface area (Å²) in [5.41, 5.74) is 8.29. The maximum absolute atomic E-state index is 6.95. The van der Waals surface area contributed by atoms with Gasteiger partial charge < -0.3 is 12.3 Å². The molecular weight excluding hydrogens is 1130 g/mol. The summed E-state index contributed by atoms with van der Waals surface area (Å²) in [6.07, 6.45) is 52.2. The van der Waals surface area contributed by atoms with E-state index in [1.807, 2.05) is 0 Å². The van der Waals surface area contributed by atoms with Gasteiger partial charge in [0.15, 0.2) is 33.3 Å². The van der Waals surface area contributed by atoms with E-state index in [-0.39, 0.29) is 0 Å². The van der Waals surface area contributed by atoms with Crippen molar-refractivity contribution in [3.63, 3.8) is 0 Å². The molecule has 3 aromatic carbocycles. The minimum absolute atomic E-state index is 0.736. The van der Waals surface area contributed by atoms with Crippen molar-refractivity contribution in [1.82, 2.24) is 0 Å². The largest absolute Gasteiger partial charge is 0.455 e. The molecule has 0 spiro atoms. The van der Waals surface area contributed by atoms with Crippen LogP contribution in [-0.2, 0) is 12.3 Å². The summed E-state index contributed by atoms with van der Waals surface area (Å²) in [4.78, 5) is 0. The lowest BCUT2D eigenvalue weighted by atomic mass is 9.86. The van der Waals surface area contributed by atoms with Gasteiger partial charge in [-0.05, 0) is 307 Å². The molecule has 0 N–H and O–H groups in total. The standard InChI is InChI=1S/C32H30.C24H44O2Si3.C22H38OSi2/c1-3-29-17-21(1)19-31(29)27-13-9-25(10-14-27)23-5-7-24(8-6-23)26-11-15-28(16-12-26)32-20-22-2-4-30(32)18-22;1-27(2,13-11-23-17-19-7-9-21(23)15-19)25-29(5,6)26-28(3,4)14-12-24-18-20-8-10-22(24)16-20;1-24(2,11-9-21-15-17-5-7-19(21)13-17)23-25(3,4)12-10-22-16-18-6-8-20(22)14-18/h1-16,21-22,29-32H,17-20H2;7-10,19-24H,11-18H2,1-6H3;5-8,17-22H,9-16H2,1-4H3. The highest BCUT2D eigenvalue weighted by Crippen LogP contribution is 2.53. The van der Waals surface area contributed by atoms with Gasteiger partial charge in [0.25, 0.3) is 0 Å². The van der Waals surface area contributed by atoms with Crippen LogP contribution in [0.3, 0.4) is 0 Å². The zero-order valence-electron chi connectivity index (χ0n) is 55.1. The molecule has 3 aromatic rings. The summed E-state index contributed by atoms with van der Waals surface area (Å²) in [6.45, 7) is 24.3. The van der Waals surface area contributed by atoms with Crippen molar-refractivity contribution in [2.75, 3.05) is 0 Å². The molecule has 18 atom stereocenters. The second kappa shape index (κ2) is 25.3. The molecule has 12 bridgehead atoms. The van der Waals surface area contributed by atoms with E-state index >= 15 is 0 Å². The van der Waals surface area contributed by atoms with E-state index in [1.165, 1.54) is 160 Å². The fourth-order valence-corrected chi connectivity index (χ4v) is 43.4. The number of fused-ring (bicyclic) bond motifs is 12. The van der Waals surface area contributed by atoms with Gasteiger partial charge in [0, 0.05) is 0 Å². The van der Waals surface area contributed by atoms with Crippen molar-refractivity contribution in [3.05, 3.63) is 157 Å². The zero-order valence-corrected chi connectivity index (χ0v) is 60.1. The molecule has 0 aliphatic heterocycles. The van der Waals surface area contributed by atoms with Crippen molar-refractivity contribution < 1.29 is 12.3 Å². The molecule has 6 saturated carbocycles. The van der Waals surface area contributed by atoms with E-state index in [1.54, 1.807) is 0 Å². The lowest BCUT2D eigenvalue weighted by molar-refractivity contribution is 0.370. The molecule has 12 aliphatic carbocycles. The number of rotatable bonds is 22. The Morgan fingerprint density at radius 2 is 0.500 bits per heavy atom. The fraction of sp³-hybridized carbons (Fsp3) is 0.615. The quantitative estimate of drug-likeness (QED) is 0.0741. The van der Waals surface area contributed by atoms with Crippen molar-refractivity contribution in [2.24, 2.45) is 94.7 Å². The van der Waals surface area contributed by atoms with Crippen molar-refractivity contribution in [3.8, 4) is 22.3 Å². The van der Waals surface area contributed by atoms with Crippen LogP contribution in [0.25, 0.3) is 22.3 Å². The third-order valence-corrected chi connectivity index (χ3v) is 43.3. The maximum atomic E-state index is 6.95. The lowest BCUT2D eigenvalue weighted by Gasteiger charge is -2.39. The predicted molar refractivity (Wildman–Crippen MR) is 377 cm³/mol. The summed E-state index contributed by atoms with van der Waals surface area (Å²) in [5.74, 6) is 15.6. The van der Waals surface area contributed by atoms with Gasteiger partial charge in [-0.3, -0.25) is 0 Å². The van der Waals surface area contributed by atoms with Crippen LogP contribution in [0.5, 0.6) is 0 Å². The SMILES string of the molecule is C1=CC2CC1CC2c1ccc(-c2ccc(-c3ccc(C4CC5C=CC4C5)cc3)cc2)cc1.C[Si](C)(CCC1CC2C=CC1C2)O[Si](C)(C)CCC1CC2C=CC1C2.C[Si](C)(CCC1CC2C=CC1C2)O[Si](C)(C)O[Si](C)(C)CCC1CC2C=CC1C2. The van der Waals surface area contributed by atoms with Crippen molar-refractivity contribution in [2.45, 2.75) is 204 Å². The Bertz CT molecular complexity index is 2800. The molecule has 0 amide bonds. The van der Waals surface area contributed by atoms with Crippen LogP contribution in [0, 0.1) is 94.7 Å². The van der Waals surface area contributed by atoms with Crippen molar-refractivity contribution >= 4 is 41.8 Å². The van der Waals surface area contributed by atoms with E-state index < -0.39 is 41.8 Å². The van der Waals surface area contributed by atoms with Crippen LogP contribution in [-0.4, -0.2) is 41.8 Å². The third-order valence-electron chi connectivity index (χ3n) is 24.5. The van der Waals surface area contributed by atoms with Crippen LogP contribution in [0.15, 0.2) is 146 Å². The highest BCUT2D eigenvalue weighted by atomic mass is 28.5. The Morgan fingerprint density at radius 3 is 0.721 bits per heavy atom. The number of benzene rings is 3. The molecule has 86 heavy (non-hydrogen) atoms. The molecule has 6 fully saturated rings. The fourth-order valence-electron chi connectivity index (χ4n) is 20.4. The first-order valence-electron chi connectivity index (χ1n) is 35.6. The molecule has 0 heterocycles. The van der Waals surface area contributed by atoms with Gasteiger partial charge in [-0.25, -0.2) is 0 Å². The molecule has 0 aromatic heterocycles. The van der Waals surface area contributed by atoms with Gasteiger partial charge in [0.1, 0.15) is 0 Å². The summed E-state index contributed by atoms with van der Waals surface area (Å²) in [5, 5.41) is 0. The molecule has 18 unspecified atom stereocenters. The van der Waals surface area contributed by atoms with Gasteiger partial charge in [-0.15, -0.1) is 0 Å². The van der Waals surface area contributed by atoms with Gasteiger partial charge >= 0.3 is 8.56 Å². The smallest absolute Gasteiger partial charge is 0.311 e. The van der Waals surface area contributed by atoms with Crippen molar-refractivity contribution in [1.29, 1.82) is 0 Å². The van der Waals surface area contributed by atoms with Crippen LogP contribution < -0.4 is 0 Å². The number of allylic oxidation sites excluding steroid dienone is 12. The maximum Gasteiger partial charge on any atom is 0.311 e. The molecule has 0 radical (unpaired) electrons. The van der Waals surface area contributed by atoms with Gasteiger partial charge in [0.2, 0.25) is 0 Å². The minimum Gasteiger partial charge on any atom is -0.455 e. The van der Waals surface area contributed by atoms with E-state index in [9.17, 15) is 0 Å². The first-order valence-corrected chi connectivity index (χ1v) is 50.9. The zero-order chi connectivity index (χ0) is 59.6. The Hall–Kier alpha value is -2.94. The second-order valence-corrected chi connectivity index (χ2v) is 55.0. The first-order chi connectivity index (χ1) is 41.1. The second-order valence-electron chi connectivity index (χ2n) is 33.7. The molecule has 12 aliphatic rings. The van der Waals surface area contributed by atoms with E-state index in [0.29, 0.717) is 0 Å². The Balaban J connectivity index is 0.000000121. The van der Waals surface area contributed by atoms with Gasteiger partial charge in [0.05, 0.1) is 0 Å². The molecule has 462 valence electrons. The van der Waals surface area contributed by atoms with Crippen LogP contribution in [0.1, 0.15) is 126 Å². The van der Waals surface area contributed by atoms with Crippen LogP contribution in [0.4, 0.5) is 0 Å². The minimum atomic E-state index is -2.07. The highest BCUT2D eigenvalue weighted by molar-refractivity contribution is 6.88. The van der Waals surface area contributed by atoms with Gasteiger partial charge in [-0.2, -0.15) is 0 Å². The Morgan fingerprint density at radius 1 is 0.267 bits per heavy atom. The molecule has 15 rings (SSSR count). The number of hydrogen-bond acceptors (Lipinski definition) is 3. The Kier molecular flexibility index (Phi) is 18.2. The average Bonchev–Trinajstić information content (AvgIpc) is 4.52. The predicted octanol–water partition coefficient (Wildman–Crippen LogP) is 22.3. The topological polar surface area (TPSA) is 27.7 Å². The lowest BCUT2D eigenvalue weighted by Crippen LogP contribution is -2.52. The third kappa shape index (κ3) is 14.9. The molecule has 0 saturated heterocycles. The summed E-state index contributed by atoms with van der Waals surface area (Å²) in [6, 6.07) is 33.2. The van der Waals surface area contributed by atoms with E-state index in [4.69, 9.17) is 12.3 Å². The molecule has 3 nitrogen and oxygen atoms in total.